The van der Waals surface area contributed by atoms with Crippen LogP contribution in [0.25, 0.3) is 0 Å². The molecule has 0 aromatic carbocycles. The Bertz CT molecular complexity index is 354. The number of hydrogen-bond acceptors (Lipinski definition) is 5. The van der Waals surface area contributed by atoms with E-state index < -0.39 is 6.10 Å². The Kier molecular flexibility index (Phi) is 8.69. The summed E-state index contributed by atoms with van der Waals surface area (Å²) in [4.78, 5) is 11.3. The van der Waals surface area contributed by atoms with E-state index in [-0.39, 0.29) is 12.5 Å². The highest BCUT2D eigenvalue weighted by molar-refractivity contribution is 5.75. The Morgan fingerprint density at radius 2 is 2.35 bits per heavy atom. The second-order valence-corrected chi connectivity index (χ2v) is 4.55. The van der Waals surface area contributed by atoms with E-state index >= 15 is 0 Å². The van der Waals surface area contributed by atoms with Crippen molar-refractivity contribution in [3.8, 4) is 0 Å². The average molecular weight is 284 g/mol. The van der Waals surface area contributed by atoms with Crippen molar-refractivity contribution < 1.29 is 19.1 Å². The molecular formula is C14H24N2O4. The Labute approximate surface area is 119 Å². The van der Waals surface area contributed by atoms with Gasteiger partial charge in [0.25, 0.3) is 0 Å². The van der Waals surface area contributed by atoms with Crippen molar-refractivity contribution in [3.63, 3.8) is 0 Å². The maximum atomic E-state index is 11.3. The van der Waals surface area contributed by atoms with Crippen LogP contribution in [-0.2, 0) is 16.1 Å². The molecular weight excluding hydrogens is 260 g/mol. The van der Waals surface area contributed by atoms with Crippen LogP contribution in [0.15, 0.2) is 22.8 Å². The number of aliphatic hydroxyl groups excluding tert-OH is 1. The van der Waals surface area contributed by atoms with Gasteiger partial charge < -0.3 is 24.9 Å². The fraction of sp³-hybridized carbons (Fsp3) is 0.643. The van der Waals surface area contributed by atoms with Gasteiger partial charge in [-0.3, -0.25) is 4.79 Å². The van der Waals surface area contributed by atoms with Gasteiger partial charge in [0.05, 0.1) is 19.0 Å². The highest BCUT2D eigenvalue weighted by Gasteiger charge is 2.05. The maximum absolute atomic E-state index is 11.3. The molecule has 20 heavy (non-hydrogen) atoms. The number of ether oxygens (including phenoxy) is 1. The second-order valence-electron chi connectivity index (χ2n) is 4.55. The lowest BCUT2D eigenvalue weighted by Crippen LogP contribution is -2.33. The second kappa shape index (κ2) is 10.4. The van der Waals surface area contributed by atoms with E-state index in [0.29, 0.717) is 32.7 Å². The maximum Gasteiger partial charge on any atom is 0.221 e. The number of carbonyl (C=O) groups excluding carboxylic acids is 1. The molecule has 0 bridgehead atoms. The summed E-state index contributed by atoms with van der Waals surface area (Å²) >= 11 is 0. The summed E-state index contributed by atoms with van der Waals surface area (Å²) in [7, 11) is 0. The summed E-state index contributed by atoms with van der Waals surface area (Å²) in [6.45, 7) is 4.25. The number of amides is 1. The molecule has 1 aromatic heterocycles. The topological polar surface area (TPSA) is 83.7 Å². The summed E-state index contributed by atoms with van der Waals surface area (Å²) in [6, 6.07) is 3.61. The number of aliphatic hydroxyl groups is 1. The molecule has 0 aliphatic heterocycles. The quantitative estimate of drug-likeness (QED) is 0.520. The summed E-state index contributed by atoms with van der Waals surface area (Å²) < 4.78 is 10.4. The first-order valence-electron chi connectivity index (χ1n) is 6.98. The molecule has 0 saturated carbocycles. The molecule has 1 rings (SSSR count). The monoisotopic (exact) mass is 284 g/mol. The lowest BCUT2D eigenvalue weighted by atomic mass is 10.3. The minimum Gasteiger partial charge on any atom is -0.467 e. The molecule has 0 saturated heterocycles. The van der Waals surface area contributed by atoms with Gasteiger partial charge in [-0.25, -0.2) is 0 Å². The Morgan fingerprint density at radius 1 is 1.50 bits per heavy atom. The van der Waals surface area contributed by atoms with Crippen LogP contribution >= 0.6 is 0 Å². The lowest BCUT2D eigenvalue weighted by Gasteiger charge is -2.11. The van der Waals surface area contributed by atoms with Gasteiger partial charge in [-0.15, -0.1) is 0 Å². The smallest absolute Gasteiger partial charge is 0.221 e. The first kappa shape index (κ1) is 16.7. The molecule has 0 spiro atoms. The number of hydrogen-bond donors (Lipinski definition) is 3. The van der Waals surface area contributed by atoms with Crippen molar-refractivity contribution in [3.05, 3.63) is 24.2 Å². The van der Waals surface area contributed by atoms with E-state index in [9.17, 15) is 9.90 Å². The van der Waals surface area contributed by atoms with E-state index in [1.54, 1.807) is 12.3 Å². The van der Waals surface area contributed by atoms with Crippen LogP contribution in [0.1, 0.15) is 25.5 Å². The van der Waals surface area contributed by atoms with E-state index in [2.05, 4.69) is 10.6 Å². The third kappa shape index (κ3) is 7.93. The summed E-state index contributed by atoms with van der Waals surface area (Å²) in [5.74, 6) is 0.765. The van der Waals surface area contributed by atoms with Crippen LogP contribution in [0.3, 0.4) is 0 Å². The molecule has 6 nitrogen and oxygen atoms in total. The Morgan fingerprint density at radius 3 is 3.05 bits per heavy atom. The first-order chi connectivity index (χ1) is 9.72. The minimum atomic E-state index is -0.594. The predicted octanol–water partition coefficient (Wildman–Crippen LogP) is 0.663. The van der Waals surface area contributed by atoms with Crippen LogP contribution < -0.4 is 10.6 Å². The van der Waals surface area contributed by atoms with Gasteiger partial charge in [0.2, 0.25) is 5.91 Å². The van der Waals surface area contributed by atoms with Crippen molar-refractivity contribution in [1.29, 1.82) is 0 Å². The van der Waals surface area contributed by atoms with Crippen LogP contribution in [0.5, 0.6) is 0 Å². The molecule has 1 atom stereocenters. The molecule has 3 N–H and O–H groups in total. The summed E-state index contributed by atoms with van der Waals surface area (Å²) in [5, 5.41) is 15.5. The van der Waals surface area contributed by atoms with Gasteiger partial charge in [-0.2, -0.15) is 0 Å². The molecule has 1 unspecified atom stereocenters. The van der Waals surface area contributed by atoms with Crippen molar-refractivity contribution in [2.45, 2.75) is 32.5 Å². The number of furan rings is 1. The van der Waals surface area contributed by atoms with Crippen molar-refractivity contribution in [2.24, 2.45) is 0 Å². The zero-order valence-electron chi connectivity index (χ0n) is 11.9. The van der Waals surface area contributed by atoms with Crippen LogP contribution in [0, 0.1) is 0 Å². The largest absolute Gasteiger partial charge is 0.467 e. The van der Waals surface area contributed by atoms with Gasteiger partial charge in [0.1, 0.15) is 12.4 Å². The molecule has 0 fully saturated rings. The average Bonchev–Trinajstić information content (AvgIpc) is 2.94. The molecule has 1 amide bonds. The minimum absolute atomic E-state index is 0.0305. The van der Waals surface area contributed by atoms with Gasteiger partial charge in [0.15, 0.2) is 0 Å². The van der Waals surface area contributed by atoms with E-state index in [1.165, 1.54) is 0 Å². The zero-order chi connectivity index (χ0) is 14.6. The van der Waals surface area contributed by atoms with Crippen LogP contribution in [0.4, 0.5) is 0 Å². The molecule has 0 aliphatic carbocycles. The van der Waals surface area contributed by atoms with Crippen LogP contribution in [0.2, 0.25) is 0 Å². The third-order valence-corrected chi connectivity index (χ3v) is 2.62. The molecule has 0 radical (unpaired) electrons. The van der Waals surface area contributed by atoms with Gasteiger partial charge >= 0.3 is 0 Å². The molecule has 6 heteroatoms. The highest BCUT2D eigenvalue weighted by Crippen LogP contribution is 2.01. The third-order valence-electron chi connectivity index (χ3n) is 2.62. The van der Waals surface area contributed by atoms with Gasteiger partial charge in [0, 0.05) is 26.1 Å². The molecule has 114 valence electrons. The van der Waals surface area contributed by atoms with Gasteiger partial charge in [-0.05, 0) is 18.6 Å². The molecule has 1 aromatic rings. The number of rotatable bonds is 11. The standard InChI is InChI=1S/C14H24N2O4/c1-2-6-16-14(18)5-7-15-9-12(17)10-19-11-13-4-3-8-20-13/h3-4,8,12,15,17H,2,5-7,9-11H2,1H3,(H,16,18). The van der Waals surface area contributed by atoms with Crippen molar-refractivity contribution in [2.75, 3.05) is 26.2 Å². The lowest BCUT2D eigenvalue weighted by molar-refractivity contribution is -0.121. The van der Waals surface area contributed by atoms with Crippen molar-refractivity contribution >= 4 is 5.91 Å². The normalized spacial score (nSPS) is 12.3. The van der Waals surface area contributed by atoms with E-state index in [0.717, 1.165) is 12.2 Å². The zero-order valence-corrected chi connectivity index (χ0v) is 11.9. The Hall–Kier alpha value is -1.37. The fourth-order valence-corrected chi connectivity index (χ4v) is 1.57. The first-order valence-corrected chi connectivity index (χ1v) is 6.98. The Balaban J connectivity index is 1.94. The summed E-state index contributed by atoms with van der Waals surface area (Å²) in [5.41, 5.74) is 0. The fourth-order valence-electron chi connectivity index (χ4n) is 1.57. The van der Waals surface area contributed by atoms with Gasteiger partial charge in [-0.1, -0.05) is 6.92 Å². The SMILES string of the molecule is CCCNC(=O)CCNCC(O)COCc1ccco1. The summed E-state index contributed by atoms with van der Waals surface area (Å²) in [6.07, 6.45) is 2.34. The van der Waals surface area contributed by atoms with E-state index in [1.807, 2.05) is 13.0 Å². The number of carbonyl (C=O) groups is 1. The van der Waals surface area contributed by atoms with Crippen LogP contribution in [-0.4, -0.2) is 43.4 Å². The molecule has 1 heterocycles. The molecule has 0 aliphatic rings. The van der Waals surface area contributed by atoms with Crippen molar-refractivity contribution in [1.82, 2.24) is 10.6 Å². The number of nitrogens with one attached hydrogen (secondary N) is 2. The van der Waals surface area contributed by atoms with E-state index in [4.69, 9.17) is 9.15 Å². The highest BCUT2D eigenvalue weighted by atomic mass is 16.5. The predicted molar refractivity (Wildman–Crippen MR) is 75.2 cm³/mol.